The van der Waals surface area contributed by atoms with Gasteiger partial charge in [-0.2, -0.15) is 0 Å². The number of para-hydroxylation sites is 2. The number of carbonyl (C=O) groups excluding carboxylic acids is 1. The second kappa shape index (κ2) is 9.82. The van der Waals surface area contributed by atoms with Crippen LogP contribution in [0.5, 0.6) is 23.0 Å². The van der Waals surface area contributed by atoms with Gasteiger partial charge in [0.2, 0.25) is 11.2 Å². The van der Waals surface area contributed by atoms with Crippen LogP contribution >= 0.6 is 0 Å². The third-order valence-corrected chi connectivity index (χ3v) is 4.35. The van der Waals surface area contributed by atoms with Crippen LogP contribution in [0.1, 0.15) is 27.2 Å². The van der Waals surface area contributed by atoms with Crippen molar-refractivity contribution >= 4 is 16.9 Å². The second-order valence-electron chi connectivity index (χ2n) is 6.57. The van der Waals surface area contributed by atoms with Crippen molar-refractivity contribution in [3.8, 4) is 23.0 Å². The van der Waals surface area contributed by atoms with E-state index in [-0.39, 0.29) is 23.9 Å². The molecule has 0 saturated carbocycles. The number of carbonyl (C=O) groups is 1. The molecule has 3 aromatic rings. The molecule has 0 aliphatic rings. The number of benzene rings is 2. The molecule has 0 fully saturated rings. The summed E-state index contributed by atoms with van der Waals surface area (Å²) < 4.78 is 27.4. The molecule has 7 nitrogen and oxygen atoms in total. The molecule has 0 bridgehead atoms. The Labute approximate surface area is 174 Å². The first-order valence-electron chi connectivity index (χ1n) is 9.79. The maximum absolute atomic E-state index is 12.8. The highest BCUT2D eigenvalue weighted by Crippen LogP contribution is 2.31. The Morgan fingerprint density at radius 3 is 2.53 bits per heavy atom. The lowest BCUT2D eigenvalue weighted by Gasteiger charge is -2.12. The van der Waals surface area contributed by atoms with Crippen LogP contribution in [0, 0.1) is 0 Å². The van der Waals surface area contributed by atoms with Crippen molar-refractivity contribution < 1.29 is 28.2 Å². The SMILES string of the molecule is CCOc1ccccc1Oc1coc2cc(OCC(=O)O[C@@H](C)CC)ccc2c1=O. The topological polar surface area (TPSA) is 84.2 Å². The largest absolute Gasteiger partial charge is 0.490 e. The van der Waals surface area contributed by atoms with E-state index in [1.54, 1.807) is 36.4 Å². The lowest BCUT2D eigenvalue weighted by molar-refractivity contribution is -0.150. The number of hydrogen-bond donors (Lipinski definition) is 0. The van der Waals surface area contributed by atoms with Crippen molar-refractivity contribution in [2.75, 3.05) is 13.2 Å². The fourth-order valence-corrected chi connectivity index (χ4v) is 2.66. The summed E-state index contributed by atoms with van der Waals surface area (Å²) in [6.45, 7) is 5.85. The van der Waals surface area contributed by atoms with Gasteiger partial charge in [-0.15, -0.1) is 0 Å². The van der Waals surface area contributed by atoms with E-state index in [0.717, 1.165) is 6.42 Å². The highest BCUT2D eigenvalue weighted by Gasteiger charge is 2.14. The van der Waals surface area contributed by atoms with Gasteiger partial charge in [-0.3, -0.25) is 4.79 Å². The first kappa shape index (κ1) is 21.2. The van der Waals surface area contributed by atoms with E-state index in [9.17, 15) is 9.59 Å². The first-order chi connectivity index (χ1) is 14.5. The van der Waals surface area contributed by atoms with Gasteiger partial charge >= 0.3 is 5.97 Å². The molecule has 1 aromatic heterocycles. The van der Waals surface area contributed by atoms with E-state index in [4.69, 9.17) is 23.4 Å². The van der Waals surface area contributed by atoms with Gasteiger partial charge < -0.3 is 23.4 Å². The van der Waals surface area contributed by atoms with E-state index < -0.39 is 5.97 Å². The summed E-state index contributed by atoms with van der Waals surface area (Å²) in [5, 5.41) is 0.330. The highest BCUT2D eigenvalue weighted by atomic mass is 16.6. The zero-order chi connectivity index (χ0) is 21.5. The summed E-state index contributed by atoms with van der Waals surface area (Å²) in [6.07, 6.45) is 1.81. The monoisotopic (exact) mass is 412 g/mol. The van der Waals surface area contributed by atoms with Crippen LogP contribution in [0.25, 0.3) is 11.0 Å². The third kappa shape index (κ3) is 5.11. The van der Waals surface area contributed by atoms with Gasteiger partial charge in [-0.1, -0.05) is 19.1 Å². The van der Waals surface area contributed by atoms with Crippen molar-refractivity contribution in [3.63, 3.8) is 0 Å². The van der Waals surface area contributed by atoms with Crippen molar-refractivity contribution in [1.29, 1.82) is 0 Å². The van der Waals surface area contributed by atoms with Crippen molar-refractivity contribution in [2.45, 2.75) is 33.3 Å². The Hall–Kier alpha value is -3.48. The summed E-state index contributed by atoms with van der Waals surface area (Å²) in [4.78, 5) is 24.5. The molecule has 0 saturated heterocycles. The molecule has 30 heavy (non-hydrogen) atoms. The van der Waals surface area contributed by atoms with Crippen LogP contribution in [0.2, 0.25) is 0 Å². The standard InChI is InChI=1S/C23H24O7/c1-4-15(3)29-22(24)14-27-16-10-11-17-20(12-16)28-13-21(23(17)25)30-19-9-7-6-8-18(19)26-5-2/h6-13,15H,4-5,14H2,1-3H3/t15-/m0/s1. The van der Waals surface area contributed by atoms with E-state index in [0.29, 0.717) is 34.8 Å². The van der Waals surface area contributed by atoms with E-state index in [1.807, 2.05) is 26.8 Å². The van der Waals surface area contributed by atoms with Crippen molar-refractivity contribution in [2.24, 2.45) is 0 Å². The lowest BCUT2D eigenvalue weighted by Crippen LogP contribution is -2.20. The van der Waals surface area contributed by atoms with Crippen LogP contribution in [-0.4, -0.2) is 25.3 Å². The maximum atomic E-state index is 12.8. The maximum Gasteiger partial charge on any atom is 0.344 e. The number of fused-ring (bicyclic) bond motifs is 1. The molecule has 7 heteroatoms. The molecule has 0 spiro atoms. The molecule has 0 aliphatic heterocycles. The zero-order valence-electron chi connectivity index (χ0n) is 17.2. The smallest absolute Gasteiger partial charge is 0.344 e. The van der Waals surface area contributed by atoms with Crippen LogP contribution in [-0.2, 0) is 9.53 Å². The van der Waals surface area contributed by atoms with Gasteiger partial charge in [0, 0.05) is 6.07 Å². The van der Waals surface area contributed by atoms with Crippen LogP contribution in [0.3, 0.4) is 0 Å². The zero-order valence-corrected chi connectivity index (χ0v) is 17.2. The number of ether oxygens (including phenoxy) is 4. The molecular formula is C23H24O7. The summed E-state index contributed by atoms with van der Waals surface area (Å²) in [5.41, 5.74) is -0.0106. The molecular weight excluding hydrogens is 388 g/mol. The molecule has 0 unspecified atom stereocenters. The summed E-state index contributed by atoms with van der Waals surface area (Å²) in [7, 11) is 0. The Morgan fingerprint density at radius 2 is 1.80 bits per heavy atom. The van der Waals surface area contributed by atoms with Crippen LogP contribution in [0.15, 0.2) is 57.9 Å². The van der Waals surface area contributed by atoms with Gasteiger partial charge in [0.1, 0.15) is 17.6 Å². The molecule has 3 rings (SSSR count). The van der Waals surface area contributed by atoms with E-state index >= 15 is 0 Å². The molecule has 0 aliphatic carbocycles. The molecule has 158 valence electrons. The number of hydrogen-bond acceptors (Lipinski definition) is 7. The minimum absolute atomic E-state index is 0.0421. The van der Waals surface area contributed by atoms with Crippen LogP contribution in [0.4, 0.5) is 0 Å². The Bertz CT molecular complexity index is 1070. The van der Waals surface area contributed by atoms with Crippen molar-refractivity contribution in [1.82, 2.24) is 0 Å². The molecule has 0 radical (unpaired) electrons. The minimum atomic E-state index is -0.456. The average Bonchev–Trinajstić information content (AvgIpc) is 2.75. The first-order valence-corrected chi connectivity index (χ1v) is 9.79. The van der Waals surface area contributed by atoms with Gasteiger partial charge in [0.05, 0.1) is 18.1 Å². The van der Waals surface area contributed by atoms with Gasteiger partial charge in [0.15, 0.2) is 18.1 Å². The Balaban J connectivity index is 1.77. The molecule has 1 heterocycles. The second-order valence-corrected chi connectivity index (χ2v) is 6.57. The Kier molecular flexibility index (Phi) is 6.95. The Morgan fingerprint density at radius 1 is 1.03 bits per heavy atom. The van der Waals surface area contributed by atoms with E-state index in [1.165, 1.54) is 6.26 Å². The third-order valence-electron chi connectivity index (χ3n) is 4.35. The van der Waals surface area contributed by atoms with Gasteiger partial charge in [-0.25, -0.2) is 4.79 Å². The predicted molar refractivity (Wildman–Crippen MR) is 112 cm³/mol. The number of esters is 1. The lowest BCUT2D eigenvalue weighted by atomic mass is 10.2. The molecule has 2 aromatic carbocycles. The fraction of sp³-hybridized carbons (Fsp3) is 0.304. The van der Waals surface area contributed by atoms with Gasteiger partial charge in [0.25, 0.3) is 0 Å². The molecule has 1 atom stereocenters. The molecule has 0 N–H and O–H groups in total. The summed E-state index contributed by atoms with van der Waals surface area (Å²) >= 11 is 0. The highest BCUT2D eigenvalue weighted by molar-refractivity contribution is 5.79. The summed E-state index contributed by atoms with van der Waals surface area (Å²) in [6, 6.07) is 11.8. The quantitative estimate of drug-likeness (QED) is 0.471. The fourth-order valence-electron chi connectivity index (χ4n) is 2.66. The van der Waals surface area contributed by atoms with E-state index in [2.05, 4.69) is 0 Å². The molecule has 0 amide bonds. The predicted octanol–water partition coefficient (Wildman–Crippen LogP) is 4.70. The average molecular weight is 412 g/mol. The summed E-state index contributed by atoms with van der Waals surface area (Å²) in [5.74, 6) is 0.934. The van der Waals surface area contributed by atoms with Crippen molar-refractivity contribution in [3.05, 3.63) is 59.0 Å². The van der Waals surface area contributed by atoms with Crippen LogP contribution < -0.4 is 19.6 Å². The van der Waals surface area contributed by atoms with Gasteiger partial charge in [-0.05, 0) is 44.5 Å². The number of rotatable bonds is 9. The minimum Gasteiger partial charge on any atom is -0.490 e. The normalized spacial score (nSPS) is 11.7.